The molecule has 0 saturated carbocycles. The highest BCUT2D eigenvalue weighted by molar-refractivity contribution is 7.89. The summed E-state index contributed by atoms with van der Waals surface area (Å²) in [6.07, 6.45) is 3.43. The lowest BCUT2D eigenvalue weighted by molar-refractivity contribution is 0.383. The Kier molecular flexibility index (Phi) is 5.65. The van der Waals surface area contributed by atoms with Crippen LogP contribution in [-0.2, 0) is 10.0 Å². The van der Waals surface area contributed by atoms with Crippen molar-refractivity contribution < 1.29 is 13.2 Å². The largest absolute Gasteiger partial charge is 0.496 e. The van der Waals surface area contributed by atoms with E-state index in [9.17, 15) is 8.42 Å². The Morgan fingerprint density at radius 3 is 2.27 bits per heavy atom. The smallest absolute Gasteiger partial charge is 0.243 e. The third-order valence-electron chi connectivity index (χ3n) is 5.19. The van der Waals surface area contributed by atoms with E-state index in [1.807, 2.05) is 31.2 Å². The summed E-state index contributed by atoms with van der Waals surface area (Å²) in [6.45, 7) is 3.72. The van der Waals surface area contributed by atoms with E-state index >= 15 is 0 Å². The minimum atomic E-state index is -3.55. The number of aryl methyl sites for hydroxylation is 1. The van der Waals surface area contributed by atoms with Crippen molar-refractivity contribution in [3.63, 3.8) is 0 Å². The molecule has 0 bridgehead atoms. The van der Waals surface area contributed by atoms with Crippen molar-refractivity contribution in [2.24, 2.45) is 0 Å². The maximum absolute atomic E-state index is 13.0. The minimum Gasteiger partial charge on any atom is -0.496 e. The molecule has 0 N–H and O–H groups in total. The lowest BCUT2D eigenvalue weighted by Crippen LogP contribution is -2.49. The predicted molar refractivity (Wildman–Crippen MR) is 114 cm³/mol. The van der Waals surface area contributed by atoms with Crippen LogP contribution < -0.4 is 9.64 Å². The van der Waals surface area contributed by atoms with Gasteiger partial charge >= 0.3 is 0 Å². The fourth-order valence-corrected chi connectivity index (χ4v) is 5.00. The van der Waals surface area contributed by atoms with E-state index in [1.165, 1.54) is 4.31 Å². The first-order chi connectivity index (χ1) is 14.5. The second-order valence-corrected chi connectivity index (χ2v) is 8.97. The van der Waals surface area contributed by atoms with Gasteiger partial charge in [-0.25, -0.2) is 8.42 Å². The maximum Gasteiger partial charge on any atom is 0.243 e. The van der Waals surface area contributed by atoms with Gasteiger partial charge in [-0.15, -0.1) is 10.2 Å². The van der Waals surface area contributed by atoms with Crippen LogP contribution >= 0.6 is 0 Å². The minimum absolute atomic E-state index is 0.288. The molecule has 8 nitrogen and oxygen atoms in total. The number of hydrogen-bond donors (Lipinski definition) is 0. The first-order valence-electron chi connectivity index (χ1n) is 9.63. The van der Waals surface area contributed by atoms with E-state index in [2.05, 4.69) is 20.1 Å². The third-order valence-corrected chi connectivity index (χ3v) is 7.09. The molecule has 0 radical (unpaired) electrons. The average molecular weight is 426 g/mol. The zero-order chi connectivity index (χ0) is 21.1. The summed E-state index contributed by atoms with van der Waals surface area (Å²) in [5.41, 5.74) is 2.52. The number of aromatic nitrogens is 3. The maximum atomic E-state index is 13.0. The predicted octanol–water partition coefficient (Wildman–Crippen LogP) is 2.37. The molecule has 0 unspecified atom stereocenters. The van der Waals surface area contributed by atoms with E-state index in [-0.39, 0.29) is 4.90 Å². The summed E-state index contributed by atoms with van der Waals surface area (Å²) >= 11 is 0. The van der Waals surface area contributed by atoms with Crippen molar-refractivity contribution in [2.45, 2.75) is 11.8 Å². The van der Waals surface area contributed by atoms with Crippen molar-refractivity contribution in [3.8, 4) is 17.0 Å². The molecule has 1 fully saturated rings. The van der Waals surface area contributed by atoms with Crippen LogP contribution in [0.3, 0.4) is 0 Å². The highest BCUT2D eigenvalue weighted by Crippen LogP contribution is 2.25. The lowest BCUT2D eigenvalue weighted by atomic mass is 10.2. The third kappa shape index (κ3) is 3.99. The summed E-state index contributed by atoms with van der Waals surface area (Å²) in [5, 5.41) is 8.63. The molecule has 1 aliphatic heterocycles. The van der Waals surface area contributed by atoms with Crippen molar-refractivity contribution >= 4 is 15.8 Å². The Morgan fingerprint density at radius 1 is 0.933 bits per heavy atom. The van der Waals surface area contributed by atoms with E-state index in [4.69, 9.17) is 4.74 Å². The second kappa shape index (κ2) is 8.37. The average Bonchev–Trinajstić information content (AvgIpc) is 2.80. The molecule has 156 valence electrons. The molecular weight excluding hydrogens is 402 g/mol. The number of nitrogens with zero attached hydrogens (tertiary/aromatic N) is 5. The fraction of sp³-hybridized carbons (Fsp3) is 0.286. The molecule has 30 heavy (non-hydrogen) atoms. The van der Waals surface area contributed by atoms with E-state index in [0.717, 1.165) is 22.6 Å². The van der Waals surface area contributed by atoms with Crippen LogP contribution in [0, 0.1) is 6.92 Å². The molecule has 1 aromatic carbocycles. The number of sulfonamides is 1. The lowest BCUT2D eigenvalue weighted by Gasteiger charge is -2.34. The normalized spacial score (nSPS) is 15.2. The Hall–Kier alpha value is -3.04. The van der Waals surface area contributed by atoms with Crippen molar-refractivity contribution in [3.05, 3.63) is 60.4 Å². The molecule has 0 aliphatic carbocycles. The van der Waals surface area contributed by atoms with Gasteiger partial charge in [0.2, 0.25) is 10.0 Å². The molecular formula is C21H23N5O3S. The SMILES string of the molecule is COc1ccc(S(=O)(=O)N2CCN(c3ccc(-c4ccncc4)nn3)CC2)cc1C. The van der Waals surface area contributed by atoms with E-state index < -0.39 is 10.0 Å². The van der Waals surface area contributed by atoms with Crippen LogP contribution in [0.2, 0.25) is 0 Å². The number of benzene rings is 1. The number of pyridine rings is 1. The summed E-state index contributed by atoms with van der Waals surface area (Å²) in [4.78, 5) is 6.35. The first kappa shape index (κ1) is 20.2. The summed E-state index contributed by atoms with van der Waals surface area (Å²) in [6, 6.07) is 12.5. The van der Waals surface area contributed by atoms with Crippen LogP contribution in [0.5, 0.6) is 5.75 Å². The quantitative estimate of drug-likeness (QED) is 0.620. The van der Waals surface area contributed by atoms with Crippen molar-refractivity contribution in [1.82, 2.24) is 19.5 Å². The van der Waals surface area contributed by atoms with E-state index in [0.29, 0.717) is 31.9 Å². The number of piperazine rings is 1. The van der Waals surface area contributed by atoms with Gasteiger partial charge in [0.25, 0.3) is 0 Å². The van der Waals surface area contributed by atoms with Crippen LogP contribution in [0.15, 0.2) is 59.8 Å². The number of hydrogen-bond acceptors (Lipinski definition) is 7. The standard InChI is InChI=1S/C21H23N5O3S/c1-16-15-18(3-5-20(16)29-2)30(27,28)26-13-11-25(12-14-26)21-6-4-19(23-24-21)17-7-9-22-10-8-17/h3-10,15H,11-14H2,1-2H3. The zero-order valence-electron chi connectivity index (χ0n) is 16.9. The van der Waals surface area contributed by atoms with E-state index in [1.54, 1.807) is 37.7 Å². The van der Waals surface area contributed by atoms with Gasteiger partial charge in [0, 0.05) is 44.1 Å². The monoisotopic (exact) mass is 425 g/mol. The van der Waals surface area contributed by atoms with Crippen LogP contribution in [0.4, 0.5) is 5.82 Å². The van der Waals surface area contributed by atoms with Gasteiger partial charge in [0.15, 0.2) is 5.82 Å². The Bertz CT molecular complexity index is 1110. The Morgan fingerprint density at radius 2 is 1.67 bits per heavy atom. The van der Waals surface area contributed by atoms with Crippen molar-refractivity contribution in [1.29, 1.82) is 0 Å². The van der Waals surface area contributed by atoms with Gasteiger partial charge < -0.3 is 9.64 Å². The molecule has 3 heterocycles. The molecule has 0 atom stereocenters. The fourth-order valence-electron chi connectivity index (χ4n) is 3.49. The number of anilines is 1. The van der Waals surface area contributed by atoms with Gasteiger partial charge in [0.1, 0.15) is 5.75 Å². The Balaban J connectivity index is 1.44. The Labute approximate surface area is 176 Å². The van der Waals surface area contributed by atoms with Crippen LogP contribution in [0.1, 0.15) is 5.56 Å². The van der Waals surface area contributed by atoms with Gasteiger partial charge in [-0.2, -0.15) is 4.31 Å². The summed E-state index contributed by atoms with van der Waals surface area (Å²) in [5.74, 6) is 1.41. The summed E-state index contributed by atoms with van der Waals surface area (Å²) in [7, 11) is -1.98. The molecule has 0 amide bonds. The molecule has 2 aromatic heterocycles. The number of rotatable bonds is 5. The van der Waals surface area contributed by atoms with Crippen LogP contribution in [-0.4, -0.2) is 61.2 Å². The molecule has 3 aromatic rings. The van der Waals surface area contributed by atoms with Gasteiger partial charge in [-0.05, 0) is 55.0 Å². The number of ether oxygens (including phenoxy) is 1. The van der Waals surface area contributed by atoms with Gasteiger partial charge in [-0.3, -0.25) is 4.98 Å². The molecule has 1 aliphatic rings. The molecule has 9 heteroatoms. The number of methoxy groups -OCH3 is 1. The molecule has 0 spiro atoms. The second-order valence-electron chi connectivity index (χ2n) is 7.04. The summed E-state index contributed by atoms with van der Waals surface area (Å²) < 4.78 is 32.8. The van der Waals surface area contributed by atoms with Crippen molar-refractivity contribution in [2.75, 3.05) is 38.2 Å². The highest BCUT2D eigenvalue weighted by Gasteiger charge is 2.29. The molecule has 4 rings (SSSR count). The van der Waals surface area contributed by atoms with Gasteiger partial charge in [-0.1, -0.05) is 0 Å². The van der Waals surface area contributed by atoms with Gasteiger partial charge in [0.05, 0.1) is 17.7 Å². The van der Waals surface area contributed by atoms with Crippen LogP contribution in [0.25, 0.3) is 11.3 Å². The zero-order valence-corrected chi connectivity index (χ0v) is 17.7. The first-order valence-corrected chi connectivity index (χ1v) is 11.1. The highest BCUT2D eigenvalue weighted by atomic mass is 32.2. The topological polar surface area (TPSA) is 88.5 Å². The molecule has 1 saturated heterocycles.